The van der Waals surface area contributed by atoms with E-state index in [0.717, 1.165) is 0 Å². The third-order valence-electron chi connectivity index (χ3n) is 2.20. The van der Waals surface area contributed by atoms with Gasteiger partial charge in [0.05, 0.1) is 6.61 Å². The summed E-state index contributed by atoms with van der Waals surface area (Å²) in [5.74, 6) is 1.22. The number of hydrogen-bond donors (Lipinski definition) is 2. The van der Waals surface area contributed by atoms with Crippen LogP contribution in [-0.2, 0) is 0 Å². The van der Waals surface area contributed by atoms with E-state index in [1.165, 1.54) is 5.56 Å². The van der Waals surface area contributed by atoms with Gasteiger partial charge in [0.2, 0.25) is 0 Å². The van der Waals surface area contributed by atoms with Gasteiger partial charge >= 0.3 is 0 Å². The monoisotopic (exact) mass is 210 g/mol. The Morgan fingerprint density at radius 1 is 1.20 bits per heavy atom. The van der Waals surface area contributed by atoms with Crippen molar-refractivity contribution in [1.29, 1.82) is 0 Å². The van der Waals surface area contributed by atoms with Crippen LogP contribution in [-0.4, -0.2) is 29.5 Å². The first kappa shape index (κ1) is 12.0. The molecule has 1 aromatic rings. The van der Waals surface area contributed by atoms with E-state index in [4.69, 9.17) is 14.9 Å². The van der Waals surface area contributed by atoms with E-state index in [0.29, 0.717) is 11.7 Å². The van der Waals surface area contributed by atoms with Gasteiger partial charge in [-0.2, -0.15) is 0 Å². The number of benzene rings is 1. The van der Waals surface area contributed by atoms with E-state index < -0.39 is 6.10 Å². The molecule has 0 fully saturated rings. The Labute approximate surface area is 90.3 Å². The number of hydrogen-bond acceptors (Lipinski definition) is 3. The van der Waals surface area contributed by atoms with Gasteiger partial charge in [0.15, 0.2) is 0 Å². The van der Waals surface area contributed by atoms with Crippen molar-refractivity contribution in [2.45, 2.75) is 25.9 Å². The Hall–Kier alpha value is -1.06. The van der Waals surface area contributed by atoms with E-state index in [2.05, 4.69) is 13.8 Å². The number of rotatable bonds is 5. The van der Waals surface area contributed by atoms with Crippen LogP contribution in [0.3, 0.4) is 0 Å². The molecule has 0 heterocycles. The van der Waals surface area contributed by atoms with Crippen LogP contribution in [0.2, 0.25) is 0 Å². The Morgan fingerprint density at radius 3 is 2.27 bits per heavy atom. The molecule has 0 aromatic heterocycles. The summed E-state index contributed by atoms with van der Waals surface area (Å²) in [6.07, 6.45) is -0.810. The summed E-state index contributed by atoms with van der Waals surface area (Å²) in [6.45, 7) is 4.11. The lowest BCUT2D eigenvalue weighted by atomic mass is 10.0. The zero-order valence-corrected chi connectivity index (χ0v) is 9.18. The maximum absolute atomic E-state index is 9.09. The maximum Gasteiger partial charge on any atom is 0.119 e. The molecule has 0 saturated carbocycles. The lowest BCUT2D eigenvalue weighted by Gasteiger charge is -2.11. The number of ether oxygens (including phenoxy) is 1. The second kappa shape index (κ2) is 5.73. The van der Waals surface area contributed by atoms with Crippen LogP contribution in [0.4, 0.5) is 0 Å². The van der Waals surface area contributed by atoms with Gasteiger partial charge in [-0.15, -0.1) is 0 Å². The van der Waals surface area contributed by atoms with E-state index in [1.54, 1.807) is 0 Å². The second-order valence-electron chi connectivity index (χ2n) is 3.87. The van der Waals surface area contributed by atoms with Gasteiger partial charge in [-0.3, -0.25) is 0 Å². The smallest absolute Gasteiger partial charge is 0.119 e. The summed E-state index contributed by atoms with van der Waals surface area (Å²) >= 11 is 0. The van der Waals surface area contributed by atoms with Crippen LogP contribution in [0, 0.1) is 0 Å². The normalized spacial score (nSPS) is 12.9. The first-order valence-corrected chi connectivity index (χ1v) is 5.15. The van der Waals surface area contributed by atoms with Crippen LogP contribution in [0.1, 0.15) is 25.3 Å². The van der Waals surface area contributed by atoms with Gasteiger partial charge in [0, 0.05) is 0 Å². The lowest BCUT2D eigenvalue weighted by Crippen LogP contribution is -2.21. The topological polar surface area (TPSA) is 49.7 Å². The summed E-state index contributed by atoms with van der Waals surface area (Å²) in [4.78, 5) is 0. The van der Waals surface area contributed by atoms with Crippen molar-refractivity contribution in [3.05, 3.63) is 29.8 Å². The highest BCUT2D eigenvalue weighted by molar-refractivity contribution is 5.28. The average Bonchev–Trinajstić information content (AvgIpc) is 2.26. The fourth-order valence-electron chi connectivity index (χ4n) is 1.19. The quantitative estimate of drug-likeness (QED) is 0.775. The van der Waals surface area contributed by atoms with Crippen molar-refractivity contribution < 1.29 is 14.9 Å². The molecule has 0 aliphatic rings. The first-order chi connectivity index (χ1) is 7.13. The van der Waals surface area contributed by atoms with Crippen LogP contribution >= 0.6 is 0 Å². The zero-order valence-electron chi connectivity index (χ0n) is 9.18. The molecule has 1 atom stereocenters. The molecule has 0 aliphatic carbocycles. The minimum atomic E-state index is -0.810. The van der Waals surface area contributed by atoms with E-state index in [-0.39, 0.29) is 13.2 Å². The lowest BCUT2D eigenvalue weighted by molar-refractivity contribution is 0.0536. The molecule has 0 unspecified atom stereocenters. The fourth-order valence-corrected chi connectivity index (χ4v) is 1.19. The first-order valence-electron chi connectivity index (χ1n) is 5.15. The Kier molecular flexibility index (Phi) is 4.59. The van der Waals surface area contributed by atoms with E-state index >= 15 is 0 Å². The molecule has 0 bridgehead atoms. The predicted octanol–water partition coefficient (Wildman–Crippen LogP) is 1.54. The minimum Gasteiger partial charge on any atom is -0.491 e. The summed E-state index contributed by atoms with van der Waals surface area (Å²) in [7, 11) is 0. The third kappa shape index (κ3) is 3.90. The molecule has 0 aliphatic heterocycles. The molecule has 3 nitrogen and oxygen atoms in total. The van der Waals surface area contributed by atoms with Crippen LogP contribution in [0.5, 0.6) is 5.75 Å². The van der Waals surface area contributed by atoms with Gasteiger partial charge in [0.25, 0.3) is 0 Å². The molecule has 1 aromatic carbocycles. The van der Waals surface area contributed by atoms with Crippen molar-refractivity contribution in [2.24, 2.45) is 0 Å². The second-order valence-corrected chi connectivity index (χ2v) is 3.87. The van der Waals surface area contributed by atoms with Crippen molar-refractivity contribution in [1.82, 2.24) is 0 Å². The summed E-state index contributed by atoms with van der Waals surface area (Å²) in [6, 6.07) is 7.76. The largest absolute Gasteiger partial charge is 0.491 e. The molecule has 84 valence electrons. The molecular weight excluding hydrogens is 192 g/mol. The summed E-state index contributed by atoms with van der Waals surface area (Å²) in [5.41, 5.74) is 1.25. The van der Waals surface area contributed by atoms with Gasteiger partial charge in [-0.25, -0.2) is 0 Å². The van der Waals surface area contributed by atoms with Crippen molar-refractivity contribution in [2.75, 3.05) is 13.2 Å². The summed E-state index contributed by atoms with van der Waals surface area (Å²) in [5, 5.41) is 17.7. The molecule has 0 amide bonds. The highest BCUT2D eigenvalue weighted by Gasteiger charge is 2.03. The zero-order chi connectivity index (χ0) is 11.3. The molecule has 15 heavy (non-hydrogen) atoms. The Balaban J connectivity index is 2.50. The SMILES string of the molecule is CC(C)c1ccc(OC[C@H](O)CO)cc1. The maximum atomic E-state index is 9.09. The van der Waals surface area contributed by atoms with Gasteiger partial charge in [-0.1, -0.05) is 26.0 Å². The molecule has 1 rings (SSSR count). The predicted molar refractivity (Wildman–Crippen MR) is 59.1 cm³/mol. The van der Waals surface area contributed by atoms with Crippen molar-refractivity contribution in [3.63, 3.8) is 0 Å². The fraction of sp³-hybridized carbons (Fsp3) is 0.500. The third-order valence-corrected chi connectivity index (χ3v) is 2.20. The van der Waals surface area contributed by atoms with Gasteiger partial charge < -0.3 is 14.9 Å². The van der Waals surface area contributed by atoms with Crippen LogP contribution < -0.4 is 4.74 Å². The van der Waals surface area contributed by atoms with Crippen LogP contribution in [0.25, 0.3) is 0 Å². The standard InChI is InChI=1S/C12H18O3/c1-9(2)10-3-5-12(6-4-10)15-8-11(14)7-13/h3-6,9,11,13-14H,7-8H2,1-2H3/t11-/m1/s1. The highest BCUT2D eigenvalue weighted by Crippen LogP contribution is 2.18. The van der Waals surface area contributed by atoms with E-state index in [1.807, 2.05) is 24.3 Å². The molecule has 0 radical (unpaired) electrons. The average molecular weight is 210 g/mol. The van der Waals surface area contributed by atoms with Crippen molar-refractivity contribution >= 4 is 0 Å². The Bertz CT molecular complexity index is 279. The molecule has 3 heteroatoms. The summed E-state index contributed by atoms with van der Waals surface area (Å²) < 4.78 is 5.28. The Morgan fingerprint density at radius 2 is 1.80 bits per heavy atom. The molecule has 2 N–H and O–H groups in total. The molecule has 0 saturated heterocycles. The molecule has 0 spiro atoms. The number of aliphatic hydroxyl groups excluding tert-OH is 2. The molecular formula is C12H18O3. The van der Waals surface area contributed by atoms with Crippen LogP contribution in [0.15, 0.2) is 24.3 Å². The van der Waals surface area contributed by atoms with E-state index in [9.17, 15) is 0 Å². The highest BCUT2D eigenvalue weighted by atomic mass is 16.5. The van der Waals surface area contributed by atoms with Gasteiger partial charge in [-0.05, 0) is 23.6 Å². The number of aliphatic hydroxyl groups is 2. The van der Waals surface area contributed by atoms with Crippen molar-refractivity contribution in [3.8, 4) is 5.75 Å². The minimum absolute atomic E-state index is 0.123. The van der Waals surface area contributed by atoms with Gasteiger partial charge in [0.1, 0.15) is 18.5 Å².